The fraction of sp³-hybridized carbons (Fsp3) is 0.0833. The number of amides is 1. The highest BCUT2D eigenvalue weighted by Gasteiger charge is 2.13. The molecule has 0 aliphatic carbocycles. The molecule has 1 aromatic heterocycles. The third kappa shape index (κ3) is 1.64. The molecule has 0 atom stereocenters. The van der Waals surface area contributed by atoms with E-state index in [1.165, 1.54) is 0 Å². The van der Waals surface area contributed by atoms with Crippen LogP contribution in [0.25, 0.3) is 10.9 Å². The smallest absolute Gasteiger partial charge is 0.248 e. The van der Waals surface area contributed by atoms with Crippen molar-refractivity contribution in [1.29, 1.82) is 0 Å². The number of aromatic amines is 1. The number of hydrogen-bond acceptors (Lipinski definition) is 4. The summed E-state index contributed by atoms with van der Waals surface area (Å²) in [6.45, 7) is 0.511. The van der Waals surface area contributed by atoms with Crippen molar-refractivity contribution in [2.45, 2.75) is 0 Å². The number of carbonyl (C=O) groups excluding carboxylic acids is 1. The number of nitrogens with zero attached hydrogens (tertiary/aromatic N) is 3. The van der Waals surface area contributed by atoms with Gasteiger partial charge < -0.3 is 10.6 Å². The Morgan fingerprint density at radius 3 is 3.06 bits per heavy atom. The zero-order chi connectivity index (χ0) is 12.5. The Labute approximate surface area is 103 Å². The van der Waals surface area contributed by atoms with Crippen molar-refractivity contribution >= 4 is 28.8 Å². The minimum Gasteiger partial charge on any atom is -0.366 e. The molecule has 1 aliphatic rings. The van der Waals surface area contributed by atoms with E-state index in [4.69, 9.17) is 5.73 Å². The van der Waals surface area contributed by atoms with Crippen LogP contribution in [0.4, 0.5) is 5.82 Å². The van der Waals surface area contributed by atoms with Crippen LogP contribution in [0, 0.1) is 0 Å². The van der Waals surface area contributed by atoms with Crippen molar-refractivity contribution in [2.24, 2.45) is 10.7 Å². The molecule has 2 heterocycles. The number of H-pyrrole nitrogens is 1. The second-order valence-electron chi connectivity index (χ2n) is 3.96. The van der Waals surface area contributed by atoms with Gasteiger partial charge in [0.05, 0.1) is 5.52 Å². The number of aliphatic imine (C=N–C) groups is 1. The summed E-state index contributed by atoms with van der Waals surface area (Å²) in [5.41, 5.74) is 6.61. The molecule has 1 aromatic carbocycles. The van der Waals surface area contributed by atoms with Crippen LogP contribution in [0.1, 0.15) is 10.4 Å². The predicted octanol–water partition coefficient (Wildman–Crippen LogP) is 1.02. The third-order valence-corrected chi connectivity index (χ3v) is 2.79. The summed E-state index contributed by atoms with van der Waals surface area (Å²) in [7, 11) is 0. The molecule has 6 nitrogen and oxygen atoms in total. The first kappa shape index (κ1) is 10.5. The van der Waals surface area contributed by atoms with E-state index < -0.39 is 5.91 Å². The van der Waals surface area contributed by atoms with E-state index in [9.17, 15) is 4.79 Å². The fourth-order valence-corrected chi connectivity index (χ4v) is 1.90. The van der Waals surface area contributed by atoms with E-state index in [-0.39, 0.29) is 0 Å². The van der Waals surface area contributed by atoms with Crippen molar-refractivity contribution < 1.29 is 4.79 Å². The summed E-state index contributed by atoms with van der Waals surface area (Å²) in [5, 5.41) is 8.02. The van der Waals surface area contributed by atoms with Gasteiger partial charge in [0.1, 0.15) is 6.67 Å². The quantitative estimate of drug-likeness (QED) is 0.823. The minimum atomic E-state index is -0.448. The van der Waals surface area contributed by atoms with Crippen LogP contribution in [0.2, 0.25) is 0 Å². The second-order valence-corrected chi connectivity index (χ2v) is 3.96. The molecule has 0 fully saturated rings. The first-order valence-electron chi connectivity index (χ1n) is 5.47. The van der Waals surface area contributed by atoms with E-state index in [2.05, 4.69) is 15.2 Å². The van der Waals surface area contributed by atoms with Crippen molar-refractivity contribution in [3.05, 3.63) is 36.0 Å². The average Bonchev–Trinajstić information content (AvgIpc) is 2.82. The predicted molar refractivity (Wildman–Crippen MR) is 69.6 cm³/mol. The maximum atomic E-state index is 11.2. The van der Waals surface area contributed by atoms with Crippen LogP contribution >= 0.6 is 0 Å². The van der Waals surface area contributed by atoms with Crippen LogP contribution in [0.5, 0.6) is 0 Å². The lowest BCUT2D eigenvalue weighted by Crippen LogP contribution is -2.19. The Bertz CT molecular complexity index is 670. The largest absolute Gasteiger partial charge is 0.366 e. The molecular formula is C12H11N5O. The SMILES string of the molecule is NC(=O)c1ccc2[nH]nc(N3C=CC=NC3)c2c1. The number of nitrogens with one attached hydrogen (secondary N) is 1. The molecule has 2 aromatic rings. The summed E-state index contributed by atoms with van der Waals surface area (Å²) in [4.78, 5) is 17.2. The molecule has 0 saturated carbocycles. The van der Waals surface area contributed by atoms with Gasteiger partial charge in [-0.25, -0.2) is 0 Å². The number of benzene rings is 1. The van der Waals surface area contributed by atoms with Gasteiger partial charge in [0.25, 0.3) is 0 Å². The number of primary amides is 1. The van der Waals surface area contributed by atoms with Crippen LogP contribution in [0.3, 0.4) is 0 Å². The van der Waals surface area contributed by atoms with Crippen molar-refractivity contribution in [2.75, 3.05) is 11.6 Å². The topological polar surface area (TPSA) is 87.4 Å². The minimum absolute atomic E-state index is 0.448. The van der Waals surface area contributed by atoms with Gasteiger partial charge in [0.2, 0.25) is 5.91 Å². The normalized spacial score (nSPS) is 14.3. The van der Waals surface area contributed by atoms with Gasteiger partial charge in [-0.2, -0.15) is 5.10 Å². The molecule has 0 saturated heterocycles. The Balaban J connectivity index is 2.12. The number of nitrogens with two attached hydrogens (primary N) is 1. The van der Waals surface area contributed by atoms with Gasteiger partial charge >= 0.3 is 0 Å². The van der Waals surface area contributed by atoms with Gasteiger partial charge in [-0.1, -0.05) is 0 Å². The molecule has 0 bridgehead atoms. The van der Waals surface area contributed by atoms with Crippen molar-refractivity contribution in [3.63, 3.8) is 0 Å². The monoisotopic (exact) mass is 241 g/mol. The number of rotatable bonds is 2. The lowest BCUT2D eigenvalue weighted by molar-refractivity contribution is 0.100. The lowest BCUT2D eigenvalue weighted by atomic mass is 10.1. The number of aromatic nitrogens is 2. The summed E-state index contributed by atoms with van der Waals surface area (Å²) in [6, 6.07) is 5.21. The molecule has 6 heteroatoms. The summed E-state index contributed by atoms with van der Waals surface area (Å²) in [6.07, 6.45) is 5.46. The Hall–Kier alpha value is -2.63. The summed E-state index contributed by atoms with van der Waals surface area (Å²) >= 11 is 0. The molecular weight excluding hydrogens is 230 g/mol. The zero-order valence-corrected chi connectivity index (χ0v) is 9.50. The summed E-state index contributed by atoms with van der Waals surface area (Å²) < 4.78 is 0. The van der Waals surface area contributed by atoms with E-state index >= 15 is 0 Å². The van der Waals surface area contributed by atoms with Crippen molar-refractivity contribution in [3.8, 4) is 0 Å². The van der Waals surface area contributed by atoms with E-state index in [1.54, 1.807) is 24.4 Å². The van der Waals surface area contributed by atoms with Crippen LogP contribution in [0.15, 0.2) is 35.5 Å². The zero-order valence-electron chi connectivity index (χ0n) is 9.50. The lowest BCUT2D eigenvalue weighted by Gasteiger charge is -2.17. The van der Waals surface area contributed by atoms with Gasteiger partial charge in [0.15, 0.2) is 5.82 Å². The number of fused-ring (bicyclic) bond motifs is 1. The first-order chi connectivity index (χ1) is 8.75. The maximum absolute atomic E-state index is 11.2. The third-order valence-electron chi connectivity index (χ3n) is 2.79. The Morgan fingerprint density at radius 1 is 1.44 bits per heavy atom. The van der Waals surface area contributed by atoms with Gasteiger partial charge in [-0.3, -0.25) is 14.9 Å². The Morgan fingerprint density at radius 2 is 2.33 bits per heavy atom. The standard InChI is InChI=1S/C12H11N5O/c13-11(18)8-2-3-10-9(6-8)12(16-15-10)17-5-1-4-14-7-17/h1-6H,7H2,(H2,13,18)(H,15,16). The number of carbonyl (C=O) groups is 1. The second kappa shape index (κ2) is 3.99. The number of hydrogen-bond donors (Lipinski definition) is 2. The van der Waals surface area contributed by atoms with E-state index in [0.717, 1.165) is 16.7 Å². The molecule has 0 radical (unpaired) electrons. The van der Waals surface area contributed by atoms with E-state index in [0.29, 0.717) is 12.2 Å². The first-order valence-corrected chi connectivity index (χ1v) is 5.47. The molecule has 3 rings (SSSR count). The molecule has 3 N–H and O–H groups in total. The Kier molecular flexibility index (Phi) is 2.33. The average molecular weight is 241 g/mol. The van der Waals surface area contributed by atoms with Crippen LogP contribution < -0.4 is 10.6 Å². The van der Waals surface area contributed by atoms with Crippen molar-refractivity contribution in [1.82, 2.24) is 10.2 Å². The molecule has 0 spiro atoms. The highest BCUT2D eigenvalue weighted by Crippen LogP contribution is 2.25. The van der Waals surface area contributed by atoms with E-state index in [1.807, 2.05) is 17.2 Å². The molecule has 90 valence electrons. The maximum Gasteiger partial charge on any atom is 0.248 e. The highest BCUT2D eigenvalue weighted by atomic mass is 16.1. The van der Waals surface area contributed by atoms with Gasteiger partial charge in [-0.15, -0.1) is 0 Å². The number of anilines is 1. The van der Waals surface area contributed by atoms with Crippen LogP contribution in [-0.2, 0) is 0 Å². The van der Waals surface area contributed by atoms with Gasteiger partial charge in [-0.05, 0) is 24.3 Å². The van der Waals surface area contributed by atoms with Crippen LogP contribution in [-0.4, -0.2) is 29.0 Å². The molecule has 1 aliphatic heterocycles. The summed E-state index contributed by atoms with van der Waals surface area (Å²) in [5.74, 6) is 0.289. The molecule has 0 unspecified atom stereocenters. The fourth-order valence-electron chi connectivity index (χ4n) is 1.90. The molecule has 1 amide bonds. The van der Waals surface area contributed by atoms with Gasteiger partial charge in [0, 0.05) is 23.4 Å². The molecule has 18 heavy (non-hydrogen) atoms. The highest BCUT2D eigenvalue weighted by molar-refractivity contribution is 6.00. The number of allylic oxidation sites excluding steroid dienone is 1.